The largest absolute Gasteiger partial charge is 0.309 e. The zero-order valence-electron chi connectivity index (χ0n) is 12.4. The summed E-state index contributed by atoms with van der Waals surface area (Å²) in [7, 11) is 4.18. The van der Waals surface area contributed by atoms with Gasteiger partial charge in [-0.3, -0.25) is 0 Å². The fourth-order valence-corrected chi connectivity index (χ4v) is 2.82. The molecule has 0 aliphatic heterocycles. The smallest absolute Gasteiger partial charge is 0.0410 e. The third-order valence-corrected chi connectivity index (χ3v) is 4.25. The molecule has 0 bridgehead atoms. The topological polar surface area (TPSA) is 15.3 Å². The second-order valence-electron chi connectivity index (χ2n) is 5.35. The van der Waals surface area contributed by atoms with E-state index >= 15 is 0 Å². The Kier molecular flexibility index (Phi) is 6.24. The number of rotatable bonds is 6. The minimum atomic E-state index is 0.767. The molecule has 2 aromatic carbocycles. The second-order valence-corrected chi connectivity index (χ2v) is 6.64. The van der Waals surface area contributed by atoms with Crippen molar-refractivity contribution in [3.63, 3.8) is 0 Å². The fraction of sp³-hybridized carbons (Fsp3) is 0.294. The normalized spacial score (nSPS) is 11.1. The highest BCUT2D eigenvalue weighted by atomic mass is 79.9. The van der Waals surface area contributed by atoms with Gasteiger partial charge in [-0.05, 0) is 49.0 Å². The van der Waals surface area contributed by atoms with Gasteiger partial charge in [-0.25, -0.2) is 0 Å². The molecule has 0 atom stereocenters. The summed E-state index contributed by atoms with van der Waals surface area (Å²) >= 11 is 9.60. The van der Waals surface area contributed by atoms with Crippen LogP contribution in [-0.2, 0) is 19.6 Å². The molecule has 1 N–H and O–H groups in total. The molecule has 0 amide bonds. The lowest BCUT2D eigenvalue weighted by molar-refractivity contribution is 0.400. The lowest BCUT2D eigenvalue weighted by Crippen LogP contribution is -2.17. The van der Waals surface area contributed by atoms with E-state index in [1.54, 1.807) is 0 Å². The third kappa shape index (κ3) is 5.11. The molecule has 0 unspecified atom stereocenters. The van der Waals surface area contributed by atoms with Crippen molar-refractivity contribution in [1.29, 1.82) is 0 Å². The van der Waals surface area contributed by atoms with Gasteiger partial charge in [-0.2, -0.15) is 0 Å². The zero-order chi connectivity index (χ0) is 15.2. The Labute approximate surface area is 140 Å². The quantitative estimate of drug-likeness (QED) is 0.811. The molecular formula is C17H20BrClN2. The molecule has 112 valence electrons. The van der Waals surface area contributed by atoms with Crippen LogP contribution in [0.5, 0.6) is 0 Å². The first-order chi connectivity index (χ1) is 10.1. The molecular weight excluding hydrogens is 348 g/mol. The highest BCUT2D eigenvalue weighted by molar-refractivity contribution is 9.10. The molecule has 0 aliphatic carbocycles. The first-order valence-corrected chi connectivity index (χ1v) is 8.09. The summed E-state index contributed by atoms with van der Waals surface area (Å²) in [6.45, 7) is 2.60. The van der Waals surface area contributed by atoms with Crippen molar-refractivity contribution in [2.24, 2.45) is 0 Å². The average Bonchev–Trinajstić information content (AvgIpc) is 2.44. The van der Waals surface area contributed by atoms with Gasteiger partial charge in [0.2, 0.25) is 0 Å². The van der Waals surface area contributed by atoms with Crippen LogP contribution in [0.15, 0.2) is 46.9 Å². The van der Waals surface area contributed by atoms with Crippen molar-refractivity contribution in [3.05, 3.63) is 68.7 Å². The van der Waals surface area contributed by atoms with E-state index in [-0.39, 0.29) is 0 Å². The lowest BCUT2D eigenvalue weighted by atomic mass is 10.1. The predicted octanol–water partition coefficient (Wildman–Crippen LogP) is 4.45. The minimum Gasteiger partial charge on any atom is -0.309 e. The monoisotopic (exact) mass is 366 g/mol. The Morgan fingerprint density at radius 2 is 1.67 bits per heavy atom. The zero-order valence-corrected chi connectivity index (χ0v) is 14.7. The van der Waals surface area contributed by atoms with Gasteiger partial charge in [-0.15, -0.1) is 0 Å². The van der Waals surface area contributed by atoms with E-state index in [4.69, 9.17) is 11.6 Å². The van der Waals surface area contributed by atoms with E-state index in [2.05, 4.69) is 64.5 Å². The first kappa shape index (κ1) is 16.5. The van der Waals surface area contributed by atoms with Crippen molar-refractivity contribution >= 4 is 27.5 Å². The molecule has 21 heavy (non-hydrogen) atoms. The predicted molar refractivity (Wildman–Crippen MR) is 93.5 cm³/mol. The number of halogens is 2. The van der Waals surface area contributed by atoms with Crippen molar-refractivity contribution in [3.8, 4) is 0 Å². The summed E-state index contributed by atoms with van der Waals surface area (Å²) < 4.78 is 1.08. The van der Waals surface area contributed by atoms with Crippen LogP contribution in [0, 0.1) is 0 Å². The molecule has 2 nitrogen and oxygen atoms in total. The number of benzene rings is 2. The minimum absolute atomic E-state index is 0.767. The Morgan fingerprint density at radius 1 is 1.00 bits per heavy atom. The van der Waals surface area contributed by atoms with Crippen LogP contribution in [0.3, 0.4) is 0 Å². The van der Waals surface area contributed by atoms with E-state index in [1.807, 2.05) is 18.2 Å². The summed E-state index contributed by atoms with van der Waals surface area (Å²) in [5.74, 6) is 0. The molecule has 0 radical (unpaired) electrons. The van der Waals surface area contributed by atoms with Gasteiger partial charge in [0.15, 0.2) is 0 Å². The van der Waals surface area contributed by atoms with Gasteiger partial charge in [0.05, 0.1) is 0 Å². The number of hydrogen-bond acceptors (Lipinski definition) is 2. The Balaban J connectivity index is 1.99. The molecule has 0 heterocycles. The Morgan fingerprint density at radius 3 is 2.38 bits per heavy atom. The Bertz CT molecular complexity index is 599. The van der Waals surface area contributed by atoms with Gasteiger partial charge >= 0.3 is 0 Å². The third-order valence-electron chi connectivity index (χ3n) is 3.24. The summed E-state index contributed by atoms with van der Waals surface area (Å²) in [4.78, 5) is 2.19. The molecule has 4 heteroatoms. The number of nitrogens with zero attached hydrogens (tertiary/aromatic N) is 1. The highest BCUT2D eigenvalue weighted by Gasteiger charge is 2.04. The van der Waals surface area contributed by atoms with Crippen molar-refractivity contribution in [1.82, 2.24) is 10.2 Å². The molecule has 0 saturated carbocycles. The molecule has 0 saturated heterocycles. The molecule has 0 fully saturated rings. The van der Waals surface area contributed by atoms with Gasteiger partial charge in [0.25, 0.3) is 0 Å². The molecule has 0 aliphatic rings. The summed E-state index contributed by atoms with van der Waals surface area (Å²) in [5.41, 5.74) is 3.87. The fourth-order valence-electron chi connectivity index (χ4n) is 2.24. The van der Waals surface area contributed by atoms with Gasteiger partial charge in [0.1, 0.15) is 0 Å². The number of hydrogen-bond donors (Lipinski definition) is 1. The summed E-state index contributed by atoms with van der Waals surface area (Å²) in [5, 5.41) is 4.26. The summed E-state index contributed by atoms with van der Waals surface area (Å²) in [6.07, 6.45) is 0. The number of nitrogens with one attached hydrogen (secondary N) is 1. The van der Waals surface area contributed by atoms with Gasteiger partial charge < -0.3 is 10.2 Å². The van der Waals surface area contributed by atoms with E-state index in [1.165, 1.54) is 16.7 Å². The van der Waals surface area contributed by atoms with Crippen LogP contribution in [0.25, 0.3) is 0 Å². The Hall–Kier alpha value is -0.870. The van der Waals surface area contributed by atoms with E-state index < -0.39 is 0 Å². The second kappa shape index (κ2) is 7.95. The van der Waals surface area contributed by atoms with Crippen LogP contribution in [0.1, 0.15) is 16.7 Å². The van der Waals surface area contributed by atoms with Crippen LogP contribution in [0.4, 0.5) is 0 Å². The SMILES string of the molecule is CN(C)Cc1ccccc1CNCc1cc(Cl)ccc1Br. The lowest BCUT2D eigenvalue weighted by Gasteiger charge is -2.15. The van der Waals surface area contributed by atoms with Crippen LogP contribution in [-0.4, -0.2) is 19.0 Å². The first-order valence-electron chi connectivity index (χ1n) is 6.92. The molecule has 2 rings (SSSR count). The van der Waals surface area contributed by atoms with E-state index in [0.29, 0.717) is 0 Å². The molecule has 0 spiro atoms. The maximum atomic E-state index is 6.04. The van der Waals surface area contributed by atoms with E-state index in [9.17, 15) is 0 Å². The maximum Gasteiger partial charge on any atom is 0.0410 e. The van der Waals surface area contributed by atoms with Crippen molar-refractivity contribution < 1.29 is 0 Å². The van der Waals surface area contributed by atoms with Crippen LogP contribution in [0.2, 0.25) is 5.02 Å². The van der Waals surface area contributed by atoms with Gasteiger partial charge in [-0.1, -0.05) is 51.8 Å². The molecule has 0 aromatic heterocycles. The standard InChI is InChI=1S/C17H20BrClN2/c1-21(2)12-14-6-4-3-5-13(14)10-20-11-15-9-16(19)7-8-17(15)18/h3-9,20H,10-12H2,1-2H3. The van der Waals surface area contributed by atoms with Crippen molar-refractivity contribution in [2.75, 3.05) is 14.1 Å². The van der Waals surface area contributed by atoms with Crippen LogP contribution < -0.4 is 5.32 Å². The van der Waals surface area contributed by atoms with E-state index in [0.717, 1.165) is 29.1 Å². The van der Waals surface area contributed by atoms with Crippen LogP contribution >= 0.6 is 27.5 Å². The highest BCUT2D eigenvalue weighted by Crippen LogP contribution is 2.21. The maximum absolute atomic E-state index is 6.04. The summed E-state index contributed by atoms with van der Waals surface area (Å²) in [6, 6.07) is 14.4. The van der Waals surface area contributed by atoms with Gasteiger partial charge in [0, 0.05) is 29.1 Å². The average molecular weight is 368 g/mol. The van der Waals surface area contributed by atoms with Crippen molar-refractivity contribution in [2.45, 2.75) is 19.6 Å². The molecule has 2 aromatic rings.